The van der Waals surface area contributed by atoms with E-state index in [0.29, 0.717) is 16.6 Å². The van der Waals surface area contributed by atoms with Gasteiger partial charge in [-0.05, 0) is 24.6 Å². The van der Waals surface area contributed by atoms with Crippen LogP contribution in [-0.4, -0.2) is 16.3 Å². The Morgan fingerprint density at radius 3 is 2.67 bits per heavy atom. The summed E-state index contributed by atoms with van der Waals surface area (Å²) in [5, 5.41) is 5.45. The van der Waals surface area contributed by atoms with Gasteiger partial charge < -0.3 is 5.73 Å². The van der Waals surface area contributed by atoms with E-state index < -0.39 is 0 Å². The van der Waals surface area contributed by atoms with Gasteiger partial charge >= 0.3 is 0 Å². The van der Waals surface area contributed by atoms with Crippen LogP contribution in [0.1, 0.15) is 22.9 Å². The van der Waals surface area contributed by atoms with E-state index in [1.165, 1.54) is 0 Å². The monoisotopic (exact) mass is 283 g/mol. The second-order valence-electron chi connectivity index (χ2n) is 4.27. The first-order valence-electron chi connectivity index (χ1n) is 5.69. The average Bonchev–Trinajstić information content (AvgIpc) is 2.65. The zero-order chi connectivity index (χ0) is 13.3. The van der Waals surface area contributed by atoms with Gasteiger partial charge in [0.05, 0.1) is 15.7 Å². The summed E-state index contributed by atoms with van der Waals surface area (Å²) in [6.07, 6.45) is 0. The maximum absolute atomic E-state index is 6.26. The van der Waals surface area contributed by atoms with Gasteiger partial charge in [0.15, 0.2) is 0 Å². The van der Waals surface area contributed by atoms with E-state index in [-0.39, 0.29) is 5.92 Å². The molecular formula is C13H15Cl2N3. The summed E-state index contributed by atoms with van der Waals surface area (Å²) in [4.78, 5) is 0. The molecule has 1 heterocycles. The van der Waals surface area contributed by atoms with E-state index in [4.69, 9.17) is 28.9 Å². The lowest BCUT2D eigenvalue weighted by Gasteiger charge is -2.17. The molecule has 2 N–H and O–H groups in total. The van der Waals surface area contributed by atoms with Crippen molar-refractivity contribution >= 4 is 23.2 Å². The highest BCUT2D eigenvalue weighted by Crippen LogP contribution is 2.34. The van der Waals surface area contributed by atoms with Crippen molar-refractivity contribution in [3.63, 3.8) is 0 Å². The number of aromatic nitrogens is 2. The van der Waals surface area contributed by atoms with Crippen molar-refractivity contribution < 1.29 is 0 Å². The van der Waals surface area contributed by atoms with Crippen LogP contribution in [0.3, 0.4) is 0 Å². The fraction of sp³-hybridized carbons (Fsp3) is 0.308. The second kappa shape index (κ2) is 5.31. The largest absolute Gasteiger partial charge is 0.329 e. The van der Waals surface area contributed by atoms with Crippen LogP contribution in [0, 0.1) is 6.92 Å². The van der Waals surface area contributed by atoms with E-state index in [9.17, 15) is 0 Å². The Bertz CT molecular complexity index is 563. The quantitative estimate of drug-likeness (QED) is 0.941. The van der Waals surface area contributed by atoms with Gasteiger partial charge in [-0.2, -0.15) is 5.10 Å². The van der Waals surface area contributed by atoms with Gasteiger partial charge in [0, 0.05) is 25.2 Å². The molecule has 5 heteroatoms. The Morgan fingerprint density at radius 1 is 1.39 bits per heavy atom. The molecule has 3 nitrogen and oxygen atoms in total. The van der Waals surface area contributed by atoms with Crippen LogP contribution < -0.4 is 5.73 Å². The summed E-state index contributed by atoms with van der Waals surface area (Å²) in [6.45, 7) is 2.41. The molecule has 0 radical (unpaired) electrons. The minimum atomic E-state index is 0.00222. The minimum Gasteiger partial charge on any atom is -0.329 e. The minimum absolute atomic E-state index is 0.00222. The van der Waals surface area contributed by atoms with E-state index >= 15 is 0 Å². The molecule has 2 rings (SSSR count). The average molecular weight is 284 g/mol. The van der Waals surface area contributed by atoms with E-state index in [1.807, 2.05) is 36.9 Å². The number of rotatable bonds is 3. The SMILES string of the molecule is Cc1cc(C(CN)c2cccc(Cl)c2Cl)n(C)n1. The molecule has 0 saturated heterocycles. The lowest BCUT2D eigenvalue weighted by molar-refractivity contribution is 0.660. The zero-order valence-electron chi connectivity index (χ0n) is 10.3. The van der Waals surface area contributed by atoms with Crippen LogP contribution in [0.5, 0.6) is 0 Å². The molecule has 0 aliphatic carbocycles. The number of hydrogen-bond donors (Lipinski definition) is 1. The van der Waals surface area contributed by atoms with Crippen LogP contribution in [0.15, 0.2) is 24.3 Å². The fourth-order valence-electron chi connectivity index (χ4n) is 2.15. The maximum atomic E-state index is 6.26. The summed E-state index contributed by atoms with van der Waals surface area (Å²) in [5.41, 5.74) is 8.83. The molecule has 0 aliphatic rings. The van der Waals surface area contributed by atoms with Gasteiger partial charge in [0.1, 0.15) is 0 Å². The standard InChI is InChI=1S/C13H15Cl2N3/c1-8-6-12(18(2)17-8)10(7-16)9-4-3-5-11(14)13(9)15/h3-6,10H,7,16H2,1-2H3. The highest BCUT2D eigenvalue weighted by atomic mass is 35.5. The predicted molar refractivity (Wildman–Crippen MR) is 75.3 cm³/mol. The Kier molecular flexibility index (Phi) is 3.95. The molecule has 0 bridgehead atoms. The summed E-state index contributed by atoms with van der Waals surface area (Å²) in [6, 6.07) is 7.63. The van der Waals surface area contributed by atoms with Crippen LogP contribution in [0.2, 0.25) is 10.0 Å². The third kappa shape index (κ3) is 2.39. The lowest BCUT2D eigenvalue weighted by atomic mass is 9.95. The van der Waals surface area contributed by atoms with Crippen molar-refractivity contribution in [1.82, 2.24) is 9.78 Å². The van der Waals surface area contributed by atoms with Crippen molar-refractivity contribution in [1.29, 1.82) is 0 Å². The normalized spacial score (nSPS) is 12.7. The first-order valence-corrected chi connectivity index (χ1v) is 6.44. The van der Waals surface area contributed by atoms with Crippen molar-refractivity contribution in [3.8, 4) is 0 Å². The summed E-state index contributed by atoms with van der Waals surface area (Å²) in [7, 11) is 1.91. The fourth-order valence-corrected chi connectivity index (χ4v) is 2.59. The zero-order valence-corrected chi connectivity index (χ0v) is 11.8. The van der Waals surface area contributed by atoms with E-state index in [2.05, 4.69) is 5.10 Å². The molecule has 0 saturated carbocycles. The molecule has 0 spiro atoms. The van der Waals surface area contributed by atoms with Crippen LogP contribution in [0.4, 0.5) is 0 Å². The van der Waals surface area contributed by atoms with E-state index in [1.54, 1.807) is 6.07 Å². The number of benzene rings is 1. The third-order valence-electron chi connectivity index (χ3n) is 2.99. The van der Waals surface area contributed by atoms with Gasteiger partial charge in [0.25, 0.3) is 0 Å². The van der Waals surface area contributed by atoms with Crippen molar-refractivity contribution in [2.75, 3.05) is 6.54 Å². The van der Waals surface area contributed by atoms with Crippen molar-refractivity contribution in [2.24, 2.45) is 12.8 Å². The molecule has 1 unspecified atom stereocenters. The molecule has 2 aromatic rings. The number of aryl methyl sites for hydroxylation is 2. The number of hydrogen-bond acceptors (Lipinski definition) is 2. The smallest absolute Gasteiger partial charge is 0.0631 e. The molecular weight excluding hydrogens is 269 g/mol. The van der Waals surface area contributed by atoms with Gasteiger partial charge in [0.2, 0.25) is 0 Å². The summed E-state index contributed by atoms with van der Waals surface area (Å²) < 4.78 is 1.84. The maximum Gasteiger partial charge on any atom is 0.0631 e. The Morgan fingerprint density at radius 2 is 2.11 bits per heavy atom. The highest BCUT2D eigenvalue weighted by molar-refractivity contribution is 6.42. The molecule has 1 atom stereocenters. The van der Waals surface area contributed by atoms with Gasteiger partial charge in [-0.3, -0.25) is 4.68 Å². The number of halogens is 2. The van der Waals surface area contributed by atoms with Crippen LogP contribution >= 0.6 is 23.2 Å². The van der Waals surface area contributed by atoms with Gasteiger partial charge in [-0.25, -0.2) is 0 Å². The summed E-state index contributed by atoms with van der Waals surface area (Å²) in [5.74, 6) is 0.00222. The third-order valence-corrected chi connectivity index (χ3v) is 3.82. The lowest BCUT2D eigenvalue weighted by Crippen LogP contribution is -2.17. The first kappa shape index (κ1) is 13.4. The van der Waals surface area contributed by atoms with Crippen molar-refractivity contribution in [2.45, 2.75) is 12.8 Å². The Balaban J connectivity index is 2.52. The Labute approximate surface area is 117 Å². The Hall–Kier alpha value is -1.03. The second-order valence-corrected chi connectivity index (χ2v) is 5.05. The molecule has 18 heavy (non-hydrogen) atoms. The van der Waals surface area contributed by atoms with E-state index in [0.717, 1.165) is 17.0 Å². The summed E-state index contributed by atoms with van der Waals surface area (Å²) >= 11 is 12.3. The van der Waals surface area contributed by atoms with Crippen molar-refractivity contribution in [3.05, 3.63) is 51.3 Å². The topological polar surface area (TPSA) is 43.8 Å². The molecule has 96 valence electrons. The number of nitrogens with two attached hydrogens (primary N) is 1. The van der Waals surface area contributed by atoms with Crippen LogP contribution in [0.25, 0.3) is 0 Å². The highest BCUT2D eigenvalue weighted by Gasteiger charge is 2.20. The molecule has 1 aromatic heterocycles. The molecule has 0 aliphatic heterocycles. The molecule has 0 fully saturated rings. The van der Waals surface area contributed by atoms with Crippen LogP contribution in [-0.2, 0) is 7.05 Å². The van der Waals surface area contributed by atoms with Gasteiger partial charge in [-0.1, -0.05) is 35.3 Å². The predicted octanol–water partition coefficient (Wildman–Crippen LogP) is 3.13. The van der Waals surface area contributed by atoms with Gasteiger partial charge in [-0.15, -0.1) is 0 Å². The number of nitrogens with zero attached hydrogens (tertiary/aromatic N) is 2. The molecule has 1 aromatic carbocycles. The first-order chi connectivity index (χ1) is 8.54. The molecule has 0 amide bonds.